The summed E-state index contributed by atoms with van der Waals surface area (Å²) in [4.78, 5) is 37.9. The SMILES string of the molecule is CCCCc1nc2c(N)nc3ccccc3c2n1CCCCN/C(=N\c1cccc(CNC(=O)CCOCCOCCOCCOCCOCCOCCOCCOCCOCCOC)c1)NCCOCCOCCOCCOCCOCCOCCOCCOCCOCCOCCC(=O)O. The molecule has 2 heterocycles. The average Bonchev–Trinajstić information content (AvgIpc) is 1.59. The molecule has 2 aromatic heterocycles. The van der Waals surface area contributed by atoms with E-state index in [9.17, 15) is 9.59 Å². The van der Waals surface area contributed by atoms with E-state index in [1.54, 1.807) is 7.11 Å². The van der Waals surface area contributed by atoms with Crippen LogP contribution in [0.15, 0.2) is 53.5 Å². The van der Waals surface area contributed by atoms with E-state index in [1.807, 2.05) is 42.5 Å². The van der Waals surface area contributed by atoms with E-state index in [4.69, 9.17) is 116 Å². The topological polar surface area (TPSA) is 344 Å². The third kappa shape index (κ3) is 47.8. The Morgan fingerprint density at radius 3 is 1.28 bits per heavy atom. The molecule has 4 rings (SSSR count). The van der Waals surface area contributed by atoms with Gasteiger partial charge in [-0.1, -0.05) is 43.7 Å². The van der Waals surface area contributed by atoms with Crippen molar-refractivity contribution in [2.75, 3.05) is 284 Å². The standard InChI is InChI=1S/C71H120N8O23/c1-3-4-14-65-78-68-69(63-12-5-6-13-64(63)77-70(68)72)79(65)19-8-7-17-73-71(74-18-22-86-27-30-90-35-38-94-43-46-98-51-54-102-58-57-101-53-50-97-45-42-93-37-34-89-29-26-85-21-16-67(81)82)76-62-11-9-10-61(59-62)60-75-66(80)15-20-84-25-28-88-33-36-92-41-44-96-49-52-100-56-55-99-48-47-95-40-39-91-32-31-87-24-23-83-2/h5-6,9-13,59H,3-4,7-8,14-58,60H2,1-2H3,(H2,72,77)(H,75,80)(H,81,82)(H2,73,74,76). The van der Waals surface area contributed by atoms with Gasteiger partial charge in [0.25, 0.3) is 0 Å². The first kappa shape index (κ1) is 88.9. The molecule has 582 valence electrons. The monoisotopic (exact) mass is 1450 g/mol. The van der Waals surface area contributed by atoms with Gasteiger partial charge in [0.2, 0.25) is 5.91 Å². The van der Waals surface area contributed by atoms with Crippen molar-refractivity contribution in [3.63, 3.8) is 0 Å². The molecule has 0 aliphatic heterocycles. The molecule has 0 bridgehead atoms. The number of carbonyl (C=O) groups excluding carboxylic acids is 1. The molecule has 1 amide bonds. The summed E-state index contributed by atoms with van der Waals surface area (Å²) in [5.41, 5.74) is 10.8. The smallest absolute Gasteiger partial charge is 0.305 e. The van der Waals surface area contributed by atoms with Crippen LogP contribution < -0.4 is 21.7 Å². The van der Waals surface area contributed by atoms with Crippen molar-refractivity contribution in [1.29, 1.82) is 0 Å². The van der Waals surface area contributed by atoms with Gasteiger partial charge in [0.15, 0.2) is 11.8 Å². The number of nitrogen functional groups attached to an aromatic ring is 1. The van der Waals surface area contributed by atoms with Gasteiger partial charge in [0.05, 0.1) is 281 Å². The normalized spacial score (nSPS) is 11.8. The van der Waals surface area contributed by atoms with Crippen molar-refractivity contribution in [1.82, 2.24) is 30.5 Å². The van der Waals surface area contributed by atoms with Crippen LogP contribution in [0.1, 0.15) is 56.8 Å². The maximum absolute atomic E-state index is 12.8. The summed E-state index contributed by atoms with van der Waals surface area (Å²) in [6.45, 7) is 21.8. The number of nitrogens with zero attached hydrogens (tertiary/aromatic N) is 4. The Morgan fingerprint density at radius 1 is 0.451 bits per heavy atom. The number of nitrogens with two attached hydrogens (primary N) is 1. The van der Waals surface area contributed by atoms with Crippen molar-refractivity contribution in [2.45, 2.75) is 65.0 Å². The summed E-state index contributed by atoms with van der Waals surface area (Å²) in [5, 5.41) is 19.6. The molecule has 2 aromatic carbocycles. The number of pyridine rings is 1. The Balaban J connectivity index is 1.02. The van der Waals surface area contributed by atoms with E-state index in [-0.39, 0.29) is 32.0 Å². The number of hydrogen-bond donors (Lipinski definition) is 5. The van der Waals surface area contributed by atoms with Crippen LogP contribution in [0.5, 0.6) is 0 Å². The van der Waals surface area contributed by atoms with Crippen LogP contribution in [-0.2, 0) is 124 Å². The number of unbranched alkanes of at least 4 members (excludes halogenated alkanes) is 2. The molecule has 0 aliphatic carbocycles. The number of nitrogens with one attached hydrogen (secondary N) is 3. The van der Waals surface area contributed by atoms with E-state index < -0.39 is 5.97 Å². The number of carboxylic acids is 1. The summed E-state index contributed by atoms with van der Waals surface area (Å²) in [7, 11) is 1.64. The number of carbonyl (C=O) groups is 2. The van der Waals surface area contributed by atoms with Crippen molar-refractivity contribution in [3.05, 3.63) is 59.9 Å². The number of aryl methyl sites for hydroxylation is 2. The highest BCUT2D eigenvalue weighted by molar-refractivity contribution is 6.06. The minimum Gasteiger partial charge on any atom is -0.481 e. The number of carboxylic acid groups (broad SMARTS) is 1. The first-order chi connectivity index (χ1) is 50.4. The zero-order valence-electron chi connectivity index (χ0n) is 60.8. The maximum atomic E-state index is 12.8. The molecule has 0 atom stereocenters. The highest BCUT2D eigenvalue weighted by atomic mass is 16.6. The van der Waals surface area contributed by atoms with Gasteiger partial charge in [0, 0.05) is 51.5 Å². The number of guanidine groups is 1. The number of hydrogen-bond acceptors (Lipinski definition) is 26. The molecule has 31 nitrogen and oxygen atoms in total. The van der Waals surface area contributed by atoms with Crippen LogP contribution >= 0.6 is 0 Å². The molecule has 102 heavy (non-hydrogen) atoms. The number of benzene rings is 2. The molecule has 6 N–H and O–H groups in total. The first-order valence-electron chi connectivity index (χ1n) is 36.0. The Bertz CT molecular complexity index is 2670. The number of methoxy groups -OCH3 is 1. The van der Waals surface area contributed by atoms with Gasteiger partial charge in [0.1, 0.15) is 11.3 Å². The van der Waals surface area contributed by atoms with Gasteiger partial charge in [-0.05, 0) is 43.0 Å². The lowest BCUT2D eigenvalue weighted by molar-refractivity contribution is -0.138. The number of aliphatic imine (C=N–C) groups is 1. The number of imidazole rings is 1. The summed E-state index contributed by atoms with van der Waals surface area (Å²) in [6.07, 6.45) is 4.89. The Kier molecular flexibility index (Phi) is 56.7. The molecule has 0 fully saturated rings. The fourth-order valence-corrected chi connectivity index (χ4v) is 9.22. The fourth-order valence-electron chi connectivity index (χ4n) is 9.22. The molecule has 0 aliphatic rings. The lowest BCUT2D eigenvalue weighted by atomic mass is 10.2. The van der Waals surface area contributed by atoms with Crippen LogP contribution in [0.2, 0.25) is 0 Å². The molecule has 0 saturated heterocycles. The number of para-hydroxylation sites is 1. The number of amides is 1. The number of aromatic nitrogens is 3. The number of ether oxygens (including phenoxy) is 20. The summed E-state index contributed by atoms with van der Waals surface area (Å²) in [6, 6.07) is 15.9. The summed E-state index contributed by atoms with van der Waals surface area (Å²) < 4.78 is 112. The second kappa shape index (κ2) is 65.1. The predicted octanol–water partition coefficient (Wildman–Crippen LogP) is 4.60. The number of fused-ring (bicyclic) bond motifs is 3. The molecule has 0 spiro atoms. The minimum absolute atomic E-state index is 0.0174. The molecule has 4 aromatic rings. The number of aliphatic carboxylic acids is 1. The number of rotatable bonds is 74. The molecule has 0 saturated carbocycles. The van der Waals surface area contributed by atoms with Gasteiger partial charge in [-0.25, -0.2) is 15.0 Å². The fraction of sp³-hybridized carbons (Fsp3) is 0.732. The van der Waals surface area contributed by atoms with E-state index in [0.717, 1.165) is 77.7 Å². The minimum atomic E-state index is -0.885. The highest BCUT2D eigenvalue weighted by Gasteiger charge is 2.17. The van der Waals surface area contributed by atoms with Gasteiger partial charge in [-0.15, -0.1) is 0 Å². The van der Waals surface area contributed by atoms with Crippen LogP contribution in [0.3, 0.4) is 0 Å². The molecule has 0 radical (unpaired) electrons. The van der Waals surface area contributed by atoms with E-state index in [1.165, 1.54) is 0 Å². The molecule has 0 unspecified atom stereocenters. The predicted molar refractivity (Wildman–Crippen MR) is 383 cm³/mol. The van der Waals surface area contributed by atoms with E-state index >= 15 is 0 Å². The van der Waals surface area contributed by atoms with Gasteiger partial charge < -0.3 is 126 Å². The lowest BCUT2D eigenvalue weighted by Crippen LogP contribution is -2.39. The van der Waals surface area contributed by atoms with Crippen molar-refractivity contribution >= 4 is 51.3 Å². The largest absolute Gasteiger partial charge is 0.481 e. The molecular weight excluding hydrogens is 1330 g/mol. The second-order valence-electron chi connectivity index (χ2n) is 22.5. The van der Waals surface area contributed by atoms with Gasteiger partial charge in [-0.3, -0.25) is 9.59 Å². The van der Waals surface area contributed by atoms with Crippen LogP contribution in [0.4, 0.5) is 11.5 Å². The van der Waals surface area contributed by atoms with Crippen molar-refractivity contribution in [2.24, 2.45) is 4.99 Å². The van der Waals surface area contributed by atoms with Gasteiger partial charge in [-0.2, -0.15) is 0 Å². The quantitative estimate of drug-likeness (QED) is 0.0229. The summed E-state index contributed by atoms with van der Waals surface area (Å²) in [5.74, 6) is 1.08. The third-order valence-corrected chi connectivity index (χ3v) is 14.4. The lowest BCUT2D eigenvalue weighted by Gasteiger charge is -2.14. The van der Waals surface area contributed by atoms with E-state index in [0.29, 0.717) is 276 Å². The maximum Gasteiger partial charge on any atom is 0.305 e. The number of anilines is 1. The molecular formula is C71H120N8O23. The van der Waals surface area contributed by atoms with E-state index in [2.05, 4.69) is 38.5 Å². The van der Waals surface area contributed by atoms with Crippen LogP contribution in [0, 0.1) is 0 Å². The van der Waals surface area contributed by atoms with Crippen LogP contribution in [0.25, 0.3) is 21.9 Å². The zero-order valence-corrected chi connectivity index (χ0v) is 60.8. The van der Waals surface area contributed by atoms with Crippen LogP contribution in [-0.4, -0.2) is 315 Å². The second-order valence-corrected chi connectivity index (χ2v) is 22.5. The average molecular weight is 1450 g/mol. The first-order valence-corrected chi connectivity index (χ1v) is 36.0. The van der Waals surface area contributed by atoms with Crippen molar-refractivity contribution in [3.8, 4) is 0 Å². The summed E-state index contributed by atoms with van der Waals surface area (Å²) >= 11 is 0. The Hall–Kier alpha value is -5.47. The third-order valence-electron chi connectivity index (χ3n) is 14.4. The molecule has 31 heteroatoms. The Labute approximate surface area is 602 Å². The Morgan fingerprint density at radius 2 is 0.853 bits per heavy atom. The highest BCUT2D eigenvalue weighted by Crippen LogP contribution is 2.30. The van der Waals surface area contributed by atoms with Gasteiger partial charge >= 0.3 is 5.97 Å². The van der Waals surface area contributed by atoms with Crippen molar-refractivity contribution < 1.29 is 109 Å². The zero-order chi connectivity index (χ0) is 72.3.